The van der Waals surface area contributed by atoms with Crippen molar-refractivity contribution in [2.45, 2.75) is 19.4 Å². The van der Waals surface area contributed by atoms with Gasteiger partial charge in [-0.2, -0.15) is 0 Å². The average Bonchev–Trinajstić information content (AvgIpc) is 2.52. The molecule has 2 aromatic carbocycles. The molecular weight excluding hydrogens is 234 g/mol. The molecule has 1 N–H and O–H groups in total. The van der Waals surface area contributed by atoms with E-state index in [9.17, 15) is 0 Å². The Labute approximate surface area is 128 Å². The topological polar surface area (TPSA) is 21.3 Å². The molecule has 100 valence electrons. The van der Waals surface area contributed by atoms with Crippen LogP contribution in [0.1, 0.15) is 36.0 Å². The maximum Gasteiger partial charge on any atom is 0.125 e. The Balaban J connectivity index is 2.47. The van der Waals surface area contributed by atoms with E-state index in [0.717, 1.165) is 0 Å². The number of rotatable bonds is 6. The second-order valence-electron chi connectivity index (χ2n) is 3.87. The van der Waals surface area contributed by atoms with Crippen LogP contribution in [0.3, 0.4) is 0 Å². The van der Waals surface area contributed by atoms with E-state index in [1.165, 1.54) is 30.3 Å². The minimum absolute atomic E-state index is 0.0916. The summed E-state index contributed by atoms with van der Waals surface area (Å²) >= 11 is 0. The standard InChI is InChI=1S/C17H21NO/c1-14-8-6-7-11-16(14)19-17(12-13-18-2)15-9-4-3-5-10-15/h3-11,17-18H,12-13H2,1-2H3/i1D3,2D3,13D2,17D. The van der Waals surface area contributed by atoms with Gasteiger partial charge in [-0.25, -0.2) is 0 Å². The number of benzene rings is 2. The van der Waals surface area contributed by atoms with Crippen molar-refractivity contribution < 1.29 is 17.1 Å². The Kier molecular flexibility index (Phi) is 2.23. The van der Waals surface area contributed by atoms with Crippen molar-refractivity contribution >= 4 is 0 Å². The largest absolute Gasteiger partial charge is 0.485 e. The molecule has 1 atom stereocenters. The lowest BCUT2D eigenvalue weighted by molar-refractivity contribution is 0.193. The minimum atomic E-state index is -2.77. The molecule has 0 heterocycles. The van der Waals surface area contributed by atoms with Gasteiger partial charge in [0, 0.05) is 17.4 Å². The predicted octanol–water partition coefficient (Wildman–Crippen LogP) is 3.72. The summed E-state index contributed by atoms with van der Waals surface area (Å²) in [4.78, 5) is 0. The van der Waals surface area contributed by atoms with Crippen LogP contribution >= 0.6 is 0 Å². The van der Waals surface area contributed by atoms with Crippen LogP contribution in [-0.4, -0.2) is 13.5 Å². The monoisotopic (exact) mass is 264 g/mol. The van der Waals surface area contributed by atoms with Crippen LogP contribution in [0.4, 0.5) is 0 Å². The van der Waals surface area contributed by atoms with E-state index >= 15 is 0 Å². The van der Waals surface area contributed by atoms with Gasteiger partial charge in [0.05, 0.1) is 1.37 Å². The molecule has 0 amide bonds. The summed E-state index contributed by atoms with van der Waals surface area (Å²) in [6.07, 6.45) is -2.78. The Morgan fingerprint density at radius 1 is 1.21 bits per heavy atom. The van der Waals surface area contributed by atoms with Crippen LogP contribution in [0.15, 0.2) is 54.6 Å². The van der Waals surface area contributed by atoms with Crippen LogP contribution in [0.25, 0.3) is 0 Å². The zero-order valence-corrected chi connectivity index (χ0v) is 10.3. The van der Waals surface area contributed by atoms with Crippen LogP contribution in [0.2, 0.25) is 0 Å². The van der Waals surface area contributed by atoms with Crippen LogP contribution in [-0.2, 0) is 0 Å². The average molecular weight is 264 g/mol. The van der Waals surface area contributed by atoms with Crippen LogP contribution in [0.5, 0.6) is 5.75 Å². The van der Waals surface area contributed by atoms with E-state index < -0.39 is 32.8 Å². The van der Waals surface area contributed by atoms with Crippen molar-refractivity contribution in [2.24, 2.45) is 0 Å². The first-order chi connectivity index (χ1) is 12.7. The minimum Gasteiger partial charge on any atom is -0.485 e. The van der Waals surface area contributed by atoms with Gasteiger partial charge in [0.2, 0.25) is 0 Å². The number of hydrogen-bond acceptors (Lipinski definition) is 2. The van der Waals surface area contributed by atoms with E-state index in [1.54, 1.807) is 24.3 Å². The highest BCUT2D eigenvalue weighted by Crippen LogP contribution is 2.26. The summed E-state index contributed by atoms with van der Waals surface area (Å²) < 4.78 is 75.3. The Morgan fingerprint density at radius 3 is 2.79 bits per heavy atom. The molecule has 1 unspecified atom stereocenters. The highest BCUT2D eigenvalue weighted by molar-refractivity contribution is 5.33. The quantitative estimate of drug-likeness (QED) is 0.858. The van der Waals surface area contributed by atoms with Gasteiger partial charge in [-0.05, 0) is 37.5 Å². The lowest BCUT2D eigenvalue weighted by atomic mass is 10.1. The summed E-state index contributed by atoms with van der Waals surface area (Å²) in [5.74, 6) is -0.0916. The highest BCUT2D eigenvalue weighted by Gasteiger charge is 2.13. The molecule has 0 bridgehead atoms. The SMILES string of the molecule is [2H]C([2H])([2H])NC([2H])([2H])CC([2H])(Oc1ccccc1C([2H])([2H])[2H])c1ccccc1. The van der Waals surface area contributed by atoms with E-state index in [-0.39, 0.29) is 16.9 Å². The number of para-hydroxylation sites is 1. The fourth-order valence-electron chi connectivity index (χ4n) is 1.63. The molecule has 2 rings (SSSR count). The fourth-order valence-corrected chi connectivity index (χ4v) is 1.63. The number of aryl methyl sites for hydroxylation is 1. The molecule has 0 aliphatic rings. The van der Waals surface area contributed by atoms with Gasteiger partial charge < -0.3 is 10.1 Å². The molecule has 0 aliphatic heterocycles. The van der Waals surface area contributed by atoms with Crippen molar-refractivity contribution in [1.29, 1.82) is 0 Å². The third kappa shape index (κ3) is 3.83. The van der Waals surface area contributed by atoms with Gasteiger partial charge in [0.1, 0.15) is 11.8 Å². The van der Waals surface area contributed by atoms with E-state index in [4.69, 9.17) is 17.1 Å². The zero-order chi connectivity index (χ0) is 21.2. The molecule has 19 heavy (non-hydrogen) atoms. The first-order valence-corrected chi connectivity index (χ1v) is 5.85. The third-order valence-electron chi connectivity index (χ3n) is 2.55. The van der Waals surface area contributed by atoms with Gasteiger partial charge in [-0.15, -0.1) is 0 Å². The molecule has 0 radical (unpaired) electrons. The van der Waals surface area contributed by atoms with Crippen molar-refractivity contribution in [2.75, 3.05) is 13.5 Å². The second-order valence-corrected chi connectivity index (χ2v) is 3.87. The predicted molar refractivity (Wildman–Crippen MR) is 79.5 cm³/mol. The third-order valence-corrected chi connectivity index (χ3v) is 2.55. The molecule has 2 heteroatoms. The lowest BCUT2D eigenvalue weighted by Crippen LogP contribution is -2.16. The summed E-state index contributed by atoms with van der Waals surface area (Å²) in [5, 5.41) is 1.87. The van der Waals surface area contributed by atoms with E-state index in [1.807, 2.05) is 5.32 Å². The summed E-state index contributed by atoms with van der Waals surface area (Å²) in [6.45, 7) is -7.75. The summed E-state index contributed by atoms with van der Waals surface area (Å²) in [5.41, 5.74) is 0.137. The van der Waals surface area contributed by atoms with Gasteiger partial charge in [0.15, 0.2) is 0 Å². The summed E-state index contributed by atoms with van der Waals surface area (Å²) in [6, 6.07) is 13.9. The van der Waals surface area contributed by atoms with Crippen molar-refractivity contribution in [3.8, 4) is 5.75 Å². The molecule has 0 saturated heterocycles. The zero-order valence-electron chi connectivity index (χ0n) is 19.3. The van der Waals surface area contributed by atoms with Crippen LogP contribution in [0, 0.1) is 6.85 Å². The van der Waals surface area contributed by atoms with Crippen LogP contribution < -0.4 is 10.1 Å². The molecule has 0 fully saturated rings. The van der Waals surface area contributed by atoms with Gasteiger partial charge in [0.25, 0.3) is 0 Å². The summed E-state index contributed by atoms with van der Waals surface area (Å²) in [7, 11) is 0. The highest BCUT2D eigenvalue weighted by atomic mass is 16.5. The molecule has 0 spiro atoms. The van der Waals surface area contributed by atoms with Crippen molar-refractivity contribution in [1.82, 2.24) is 5.32 Å². The molecule has 0 aromatic heterocycles. The molecular formula is C17H21NO. The molecule has 2 aromatic rings. The van der Waals surface area contributed by atoms with E-state index in [2.05, 4.69) is 0 Å². The Morgan fingerprint density at radius 2 is 2.00 bits per heavy atom. The number of nitrogens with one attached hydrogen (secondary N) is 1. The van der Waals surface area contributed by atoms with Gasteiger partial charge in [-0.3, -0.25) is 0 Å². The van der Waals surface area contributed by atoms with Crippen molar-refractivity contribution in [3.05, 3.63) is 65.7 Å². The maximum absolute atomic E-state index is 8.79. The number of ether oxygens (including phenoxy) is 1. The normalized spacial score (nSPS) is 22.8. The number of hydrogen-bond donors (Lipinski definition) is 1. The maximum atomic E-state index is 8.79. The van der Waals surface area contributed by atoms with Gasteiger partial charge in [-0.1, -0.05) is 48.5 Å². The first kappa shape index (κ1) is 6.10. The van der Waals surface area contributed by atoms with Gasteiger partial charge >= 0.3 is 0 Å². The molecule has 2 nitrogen and oxygen atoms in total. The fraction of sp³-hybridized carbons (Fsp3) is 0.294. The molecule has 0 aliphatic carbocycles. The molecule has 0 saturated carbocycles. The Bertz CT molecular complexity index is 789. The first-order valence-electron chi connectivity index (χ1n) is 10.4. The second kappa shape index (κ2) is 6.95. The van der Waals surface area contributed by atoms with Crippen molar-refractivity contribution in [3.63, 3.8) is 0 Å². The van der Waals surface area contributed by atoms with E-state index in [0.29, 0.717) is 0 Å². The Hall–Kier alpha value is -1.80. The lowest BCUT2D eigenvalue weighted by Gasteiger charge is -2.20. The smallest absolute Gasteiger partial charge is 0.125 e.